The monoisotopic (exact) mass is 520 g/mol. The number of unbranched alkanes of at least 4 members (excludes halogenated alkanes) is 20. The number of hydrogen-bond donors (Lipinski definition) is 1. The molecule has 0 aliphatic carbocycles. The summed E-state index contributed by atoms with van der Waals surface area (Å²) in [7, 11) is 0. The molecule has 0 spiro atoms. The molecule has 1 atom stereocenters. The Labute approximate surface area is 229 Å². The number of carbonyl (C=O) groups excluding carboxylic acids is 1. The molecule has 4 nitrogen and oxygen atoms in total. The molecule has 0 rings (SSSR count). The molecule has 0 aromatic carbocycles. The number of carbonyl (C=O) groups is 2. The van der Waals surface area contributed by atoms with Crippen LogP contribution in [0.1, 0.15) is 161 Å². The fourth-order valence-corrected chi connectivity index (χ4v) is 4.78. The lowest BCUT2D eigenvalue weighted by Gasteiger charge is -2.11. The van der Waals surface area contributed by atoms with Crippen molar-refractivity contribution in [2.75, 3.05) is 6.61 Å². The Morgan fingerprint density at radius 2 is 1.08 bits per heavy atom. The third-order valence-corrected chi connectivity index (χ3v) is 7.19. The molecule has 0 amide bonds. The summed E-state index contributed by atoms with van der Waals surface area (Å²) >= 11 is 0. The van der Waals surface area contributed by atoms with Crippen molar-refractivity contribution >= 4 is 11.9 Å². The van der Waals surface area contributed by atoms with Crippen LogP contribution in [0.15, 0.2) is 24.8 Å². The second-order valence-corrected chi connectivity index (χ2v) is 10.8. The molecule has 0 aliphatic heterocycles. The Morgan fingerprint density at radius 3 is 1.49 bits per heavy atom. The summed E-state index contributed by atoms with van der Waals surface area (Å²) in [5, 5.41) is 9.30. The van der Waals surface area contributed by atoms with Crippen LogP contribution in [0.3, 0.4) is 0 Å². The number of carboxylic acid groups (broad SMARTS) is 1. The number of esters is 1. The third kappa shape index (κ3) is 27.3. The van der Waals surface area contributed by atoms with E-state index in [0.717, 1.165) is 19.3 Å². The van der Waals surface area contributed by atoms with Gasteiger partial charge in [-0.25, -0.2) is 0 Å². The highest BCUT2D eigenvalue weighted by atomic mass is 16.5. The minimum atomic E-state index is -0.906. The molecule has 0 saturated carbocycles. The SMILES string of the molecule is C=CCOC(=O)CC(CCCCCCCC/C=C/CCCCCCCCCCCCCCCC)C(=O)O. The minimum absolute atomic E-state index is 0.0468. The predicted molar refractivity (Wildman–Crippen MR) is 158 cm³/mol. The molecule has 0 aromatic rings. The van der Waals surface area contributed by atoms with Gasteiger partial charge in [-0.1, -0.05) is 147 Å². The molecule has 1 unspecified atom stereocenters. The zero-order valence-corrected chi connectivity index (χ0v) is 24.4. The van der Waals surface area contributed by atoms with Gasteiger partial charge < -0.3 is 9.84 Å². The molecule has 37 heavy (non-hydrogen) atoms. The molecule has 1 N–H and O–H groups in total. The molecular formula is C33H60O4. The van der Waals surface area contributed by atoms with Crippen molar-refractivity contribution in [2.45, 2.75) is 161 Å². The van der Waals surface area contributed by atoms with Crippen LogP contribution in [0.2, 0.25) is 0 Å². The topological polar surface area (TPSA) is 63.6 Å². The first-order valence-electron chi connectivity index (χ1n) is 15.8. The van der Waals surface area contributed by atoms with Crippen LogP contribution in [-0.4, -0.2) is 23.7 Å². The lowest BCUT2D eigenvalue weighted by atomic mass is 9.97. The van der Waals surface area contributed by atoms with Gasteiger partial charge in [0.1, 0.15) is 6.61 Å². The summed E-state index contributed by atoms with van der Waals surface area (Å²) < 4.78 is 4.90. The summed E-state index contributed by atoms with van der Waals surface area (Å²) in [6, 6.07) is 0. The molecule has 0 fully saturated rings. The van der Waals surface area contributed by atoms with E-state index in [0.29, 0.717) is 6.42 Å². The summed E-state index contributed by atoms with van der Waals surface area (Å²) in [4.78, 5) is 23.0. The van der Waals surface area contributed by atoms with Crippen molar-refractivity contribution in [2.24, 2.45) is 5.92 Å². The quantitative estimate of drug-likeness (QED) is 0.0605. The Hall–Kier alpha value is -1.58. The summed E-state index contributed by atoms with van der Waals surface area (Å²) in [6.45, 7) is 5.91. The van der Waals surface area contributed by atoms with Crippen molar-refractivity contribution in [1.82, 2.24) is 0 Å². The molecule has 0 heterocycles. The van der Waals surface area contributed by atoms with Gasteiger partial charge in [0.2, 0.25) is 0 Å². The van der Waals surface area contributed by atoms with Crippen LogP contribution in [0.4, 0.5) is 0 Å². The molecule has 0 saturated heterocycles. The summed E-state index contributed by atoms with van der Waals surface area (Å²) in [6.07, 6.45) is 35.6. The van der Waals surface area contributed by atoms with Gasteiger partial charge in [0.25, 0.3) is 0 Å². The molecule has 4 heteroatoms. The highest BCUT2D eigenvalue weighted by Gasteiger charge is 2.21. The van der Waals surface area contributed by atoms with Gasteiger partial charge in [-0.05, 0) is 32.1 Å². The highest BCUT2D eigenvalue weighted by Crippen LogP contribution is 2.17. The van der Waals surface area contributed by atoms with E-state index < -0.39 is 17.9 Å². The van der Waals surface area contributed by atoms with Crippen molar-refractivity contribution in [3.05, 3.63) is 24.8 Å². The summed E-state index contributed by atoms with van der Waals surface area (Å²) in [5.74, 6) is -2.00. The molecule has 0 radical (unpaired) electrons. The number of aliphatic carboxylic acids is 1. The van der Waals surface area contributed by atoms with Gasteiger partial charge >= 0.3 is 11.9 Å². The van der Waals surface area contributed by atoms with Gasteiger partial charge in [-0.15, -0.1) is 0 Å². The Balaban J connectivity index is 3.37. The normalized spacial score (nSPS) is 12.1. The zero-order chi connectivity index (χ0) is 27.2. The van der Waals surface area contributed by atoms with Crippen LogP contribution in [0.5, 0.6) is 0 Å². The first kappa shape index (κ1) is 35.4. The fourth-order valence-electron chi connectivity index (χ4n) is 4.78. The maximum absolute atomic E-state index is 11.6. The Kier molecular flexibility index (Phi) is 27.7. The maximum atomic E-state index is 11.6. The average Bonchev–Trinajstić information content (AvgIpc) is 2.89. The largest absolute Gasteiger partial charge is 0.481 e. The summed E-state index contributed by atoms with van der Waals surface area (Å²) in [5.41, 5.74) is 0. The van der Waals surface area contributed by atoms with E-state index in [1.807, 2.05) is 0 Å². The van der Waals surface area contributed by atoms with Crippen LogP contribution in [0, 0.1) is 5.92 Å². The smallest absolute Gasteiger partial charge is 0.307 e. The average molecular weight is 521 g/mol. The standard InChI is InChI=1S/C33H60O4/c1-3-5-6-7-8-9-10-11-12-13-14-15-16-17-18-19-20-21-22-23-24-25-26-27-28-31(33(35)36)30-32(34)37-29-4-2/h4,19-20,31H,2-3,5-18,21-30H2,1H3,(H,35,36)/b20-19+. The molecular weight excluding hydrogens is 460 g/mol. The van der Waals surface area contributed by atoms with E-state index >= 15 is 0 Å². The van der Waals surface area contributed by atoms with E-state index in [-0.39, 0.29) is 13.0 Å². The molecule has 0 aliphatic rings. The lowest BCUT2D eigenvalue weighted by Crippen LogP contribution is -2.19. The van der Waals surface area contributed by atoms with E-state index in [1.165, 1.54) is 128 Å². The van der Waals surface area contributed by atoms with Gasteiger partial charge in [-0.2, -0.15) is 0 Å². The number of allylic oxidation sites excluding steroid dienone is 2. The number of ether oxygens (including phenoxy) is 1. The van der Waals surface area contributed by atoms with E-state index in [4.69, 9.17) is 4.74 Å². The van der Waals surface area contributed by atoms with Crippen LogP contribution in [0.25, 0.3) is 0 Å². The van der Waals surface area contributed by atoms with Gasteiger partial charge in [0.15, 0.2) is 0 Å². The zero-order valence-electron chi connectivity index (χ0n) is 24.4. The van der Waals surface area contributed by atoms with Gasteiger partial charge in [-0.3, -0.25) is 9.59 Å². The highest BCUT2D eigenvalue weighted by molar-refractivity contribution is 5.78. The van der Waals surface area contributed by atoms with Crippen molar-refractivity contribution in [3.63, 3.8) is 0 Å². The van der Waals surface area contributed by atoms with E-state index in [1.54, 1.807) is 0 Å². The predicted octanol–water partition coefficient (Wildman–Crippen LogP) is 10.4. The minimum Gasteiger partial charge on any atom is -0.481 e. The molecule has 0 aromatic heterocycles. The van der Waals surface area contributed by atoms with E-state index in [2.05, 4.69) is 25.7 Å². The van der Waals surface area contributed by atoms with Crippen LogP contribution >= 0.6 is 0 Å². The van der Waals surface area contributed by atoms with Crippen molar-refractivity contribution in [3.8, 4) is 0 Å². The second kappa shape index (κ2) is 29.0. The number of hydrogen-bond acceptors (Lipinski definition) is 3. The van der Waals surface area contributed by atoms with Crippen molar-refractivity contribution < 1.29 is 19.4 Å². The fraction of sp³-hybridized carbons (Fsp3) is 0.818. The molecule has 0 bridgehead atoms. The Bertz CT molecular complexity index is 555. The third-order valence-electron chi connectivity index (χ3n) is 7.19. The van der Waals surface area contributed by atoms with Crippen LogP contribution < -0.4 is 0 Å². The second-order valence-electron chi connectivity index (χ2n) is 10.8. The first-order valence-corrected chi connectivity index (χ1v) is 15.8. The first-order chi connectivity index (χ1) is 18.1. The van der Waals surface area contributed by atoms with Crippen molar-refractivity contribution in [1.29, 1.82) is 0 Å². The van der Waals surface area contributed by atoms with Crippen LogP contribution in [-0.2, 0) is 14.3 Å². The van der Waals surface area contributed by atoms with Gasteiger partial charge in [0.05, 0.1) is 12.3 Å². The lowest BCUT2D eigenvalue weighted by molar-refractivity contribution is -0.151. The number of carboxylic acids is 1. The Morgan fingerprint density at radius 1 is 0.676 bits per heavy atom. The number of rotatable bonds is 29. The van der Waals surface area contributed by atoms with E-state index in [9.17, 15) is 14.7 Å². The maximum Gasteiger partial charge on any atom is 0.307 e. The molecule has 216 valence electrons. The van der Waals surface area contributed by atoms with Gasteiger partial charge in [0, 0.05) is 0 Å².